The van der Waals surface area contributed by atoms with Crippen LogP contribution in [-0.2, 0) is 5.41 Å². The van der Waals surface area contributed by atoms with Gasteiger partial charge in [0.25, 0.3) is 0 Å². The standard InChI is InChI=1S/C25H16.C12H9N.C9H13N/c1-5-13-21-17(9-1)18-10-2-6-14-22(18)25(21)23-15-7-3-11-19(23)20-12-4-8-16-24(20)25;1-3-7-11-9(5-1)10-6-2-4-8-12(10)13-11;1-8-4-3-5-9(10-2)7-6-8/h1-16H;1-8,13H;3-5,7,10H,6H2,1-2H3. The lowest BCUT2D eigenvalue weighted by molar-refractivity contribution is 0.794. The molecule has 48 heavy (non-hydrogen) atoms. The monoisotopic (exact) mass is 618 g/mol. The molecule has 10 rings (SSSR count). The average molecular weight is 619 g/mol. The number of aromatic amines is 1. The van der Waals surface area contributed by atoms with Crippen molar-refractivity contribution >= 4 is 21.8 Å². The van der Waals surface area contributed by atoms with E-state index in [0.717, 1.165) is 6.42 Å². The minimum atomic E-state index is -0.180. The average Bonchev–Trinajstić information content (AvgIpc) is 3.71. The largest absolute Gasteiger partial charge is 0.388 e. The number of aromatic nitrogens is 1. The Labute approximate surface area is 282 Å². The van der Waals surface area contributed by atoms with E-state index in [2.05, 4.69) is 187 Å². The fourth-order valence-corrected chi connectivity index (χ4v) is 7.76. The molecular weight excluding hydrogens is 581 g/mol. The Balaban J connectivity index is 0.000000122. The van der Waals surface area contributed by atoms with E-state index in [-0.39, 0.29) is 5.41 Å². The molecule has 0 aliphatic heterocycles. The Kier molecular flexibility index (Phi) is 7.62. The molecule has 6 aromatic carbocycles. The molecule has 1 aromatic heterocycles. The minimum Gasteiger partial charge on any atom is -0.388 e. The lowest BCUT2D eigenvalue weighted by Crippen LogP contribution is -2.25. The number of fused-ring (bicyclic) bond motifs is 13. The molecule has 2 nitrogen and oxygen atoms in total. The molecule has 1 spiro atoms. The van der Waals surface area contributed by atoms with E-state index < -0.39 is 0 Å². The van der Waals surface area contributed by atoms with Crippen molar-refractivity contribution in [2.24, 2.45) is 0 Å². The van der Waals surface area contributed by atoms with Crippen LogP contribution in [0, 0.1) is 0 Å². The Hall–Kier alpha value is -5.86. The normalized spacial score (nSPS) is 14.3. The fraction of sp³-hybridized carbons (Fsp3) is 0.0870. The van der Waals surface area contributed by atoms with Crippen LogP contribution >= 0.6 is 0 Å². The van der Waals surface area contributed by atoms with Crippen molar-refractivity contribution in [1.82, 2.24) is 10.3 Å². The molecule has 0 fully saturated rings. The molecule has 0 saturated carbocycles. The van der Waals surface area contributed by atoms with Crippen LogP contribution in [0.15, 0.2) is 181 Å². The van der Waals surface area contributed by atoms with E-state index in [0.29, 0.717) is 0 Å². The van der Waals surface area contributed by atoms with Crippen LogP contribution in [0.2, 0.25) is 0 Å². The van der Waals surface area contributed by atoms with Crippen molar-refractivity contribution < 1.29 is 0 Å². The Morgan fingerprint density at radius 3 is 1.35 bits per heavy atom. The molecule has 3 aliphatic carbocycles. The zero-order valence-corrected chi connectivity index (χ0v) is 27.4. The van der Waals surface area contributed by atoms with Gasteiger partial charge in [-0.15, -0.1) is 0 Å². The van der Waals surface area contributed by atoms with Crippen molar-refractivity contribution in [1.29, 1.82) is 0 Å². The zero-order valence-electron chi connectivity index (χ0n) is 27.4. The highest BCUT2D eigenvalue weighted by atomic mass is 14.8. The third-order valence-corrected chi connectivity index (χ3v) is 9.91. The number of rotatable bonds is 1. The first-order valence-electron chi connectivity index (χ1n) is 16.8. The van der Waals surface area contributed by atoms with Gasteiger partial charge in [-0.2, -0.15) is 0 Å². The summed E-state index contributed by atoms with van der Waals surface area (Å²) in [6.45, 7) is 2.14. The number of nitrogens with one attached hydrogen (secondary N) is 2. The molecule has 7 aromatic rings. The number of H-pyrrole nitrogens is 1. The maximum absolute atomic E-state index is 3.38. The van der Waals surface area contributed by atoms with Gasteiger partial charge >= 0.3 is 0 Å². The van der Waals surface area contributed by atoms with Gasteiger partial charge in [0.2, 0.25) is 0 Å². The van der Waals surface area contributed by atoms with Gasteiger partial charge in [-0.05, 0) is 76.1 Å². The number of hydrogen-bond acceptors (Lipinski definition) is 1. The molecule has 232 valence electrons. The zero-order chi connectivity index (χ0) is 32.5. The first kappa shape index (κ1) is 29.5. The molecule has 3 aliphatic rings. The predicted octanol–water partition coefficient (Wildman–Crippen LogP) is 11.3. The van der Waals surface area contributed by atoms with Crippen LogP contribution in [0.1, 0.15) is 35.6 Å². The highest BCUT2D eigenvalue weighted by molar-refractivity contribution is 6.07. The molecule has 0 bridgehead atoms. The van der Waals surface area contributed by atoms with Crippen molar-refractivity contribution in [3.05, 3.63) is 203 Å². The molecule has 0 amide bonds. The number of hydrogen-bond donors (Lipinski definition) is 2. The maximum atomic E-state index is 3.38. The third-order valence-electron chi connectivity index (χ3n) is 9.91. The van der Waals surface area contributed by atoms with E-state index in [9.17, 15) is 0 Å². The van der Waals surface area contributed by atoms with E-state index >= 15 is 0 Å². The van der Waals surface area contributed by atoms with Crippen LogP contribution in [0.3, 0.4) is 0 Å². The second-order valence-corrected chi connectivity index (χ2v) is 12.6. The van der Waals surface area contributed by atoms with Crippen LogP contribution in [0.25, 0.3) is 44.1 Å². The molecule has 2 N–H and O–H groups in total. The van der Waals surface area contributed by atoms with Gasteiger partial charge in [0.1, 0.15) is 0 Å². The van der Waals surface area contributed by atoms with Crippen molar-refractivity contribution in [3.63, 3.8) is 0 Å². The molecule has 2 heteroatoms. The van der Waals surface area contributed by atoms with E-state index in [4.69, 9.17) is 0 Å². The van der Waals surface area contributed by atoms with Gasteiger partial charge in [-0.1, -0.05) is 157 Å². The molecule has 0 radical (unpaired) electrons. The van der Waals surface area contributed by atoms with E-state index in [1.54, 1.807) is 0 Å². The topological polar surface area (TPSA) is 27.8 Å². The summed E-state index contributed by atoms with van der Waals surface area (Å²) in [6, 6.07) is 52.4. The van der Waals surface area contributed by atoms with Crippen LogP contribution in [0.4, 0.5) is 0 Å². The predicted molar refractivity (Wildman–Crippen MR) is 203 cm³/mol. The van der Waals surface area contributed by atoms with Crippen LogP contribution < -0.4 is 5.32 Å². The quantitative estimate of drug-likeness (QED) is 0.188. The number of allylic oxidation sites excluding steroid dienone is 5. The van der Waals surface area contributed by atoms with Gasteiger partial charge < -0.3 is 10.3 Å². The molecule has 0 atom stereocenters. The summed E-state index contributed by atoms with van der Waals surface area (Å²) in [5.41, 5.74) is 16.0. The van der Waals surface area contributed by atoms with Crippen molar-refractivity contribution in [2.45, 2.75) is 18.8 Å². The lowest BCUT2D eigenvalue weighted by atomic mass is 9.70. The molecule has 1 heterocycles. The smallest absolute Gasteiger partial charge is 0.0725 e. The number of para-hydroxylation sites is 2. The summed E-state index contributed by atoms with van der Waals surface area (Å²) in [5.74, 6) is 0. The summed E-state index contributed by atoms with van der Waals surface area (Å²) in [7, 11) is 1.94. The second-order valence-electron chi connectivity index (χ2n) is 12.6. The number of benzene rings is 6. The highest BCUT2D eigenvalue weighted by Gasteiger charge is 2.51. The van der Waals surface area contributed by atoms with Gasteiger partial charge in [0.05, 0.1) is 5.41 Å². The third kappa shape index (κ3) is 4.80. The van der Waals surface area contributed by atoms with E-state index in [1.165, 1.54) is 77.6 Å². The minimum absolute atomic E-state index is 0.180. The van der Waals surface area contributed by atoms with Gasteiger partial charge in [0, 0.05) is 34.6 Å². The summed E-state index contributed by atoms with van der Waals surface area (Å²) in [4.78, 5) is 3.38. The Bertz CT molecular complexity index is 2140. The second kappa shape index (κ2) is 12.4. The van der Waals surface area contributed by atoms with Crippen molar-refractivity contribution in [3.8, 4) is 22.3 Å². The van der Waals surface area contributed by atoms with E-state index in [1.807, 2.05) is 7.05 Å². The lowest BCUT2D eigenvalue weighted by Gasteiger charge is -2.30. The summed E-state index contributed by atoms with van der Waals surface area (Å²) >= 11 is 0. The molecule has 0 unspecified atom stereocenters. The first-order chi connectivity index (χ1) is 23.7. The maximum Gasteiger partial charge on any atom is 0.0725 e. The first-order valence-corrected chi connectivity index (χ1v) is 16.8. The molecule has 0 saturated heterocycles. The van der Waals surface area contributed by atoms with Crippen LogP contribution in [0.5, 0.6) is 0 Å². The van der Waals surface area contributed by atoms with Crippen LogP contribution in [-0.4, -0.2) is 12.0 Å². The Morgan fingerprint density at radius 1 is 0.521 bits per heavy atom. The Morgan fingerprint density at radius 2 is 0.917 bits per heavy atom. The summed E-state index contributed by atoms with van der Waals surface area (Å²) in [6.07, 6.45) is 9.54. The SMILES string of the molecule is CNC1=CCC(C)=CC=C1.c1ccc2c(c1)-c1ccccc1C21c2ccccc2-c2ccccc21.c1ccc2c(c1)[nH]c1ccccc12. The number of likely N-dealkylation sites (N-methyl/N-ethyl adjacent to an activating group) is 1. The van der Waals surface area contributed by atoms with Crippen molar-refractivity contribution in [2.75, 3.05) is 7.05 Å². The van der Waals surface area contributed by atoms with Gasteiger partial charge in [-0.25, -0.2) is 0 Å². The fourth-order valence-electron chi connectivity index (χ4n) is 7.76. The summed E-state index contributed by atoms with van der Waals surface area (Å²) < 4.78 is 0. The molecular formula is C46H38N2. The van der Waals surface area contributed by atoms with Gasteiger partial charge in [-0.3, -0.25) is 0 Å². The summed E-state index contributed by atoms with van der Waals surface area (Å²) in [5, 5.41) is 5.71. The van der Waals surface area contributed by atoms with Gasteiger partial charge in [0.15, 0.2) is 0 Å². The highest BCUT2D eigenvalue weighted by Crippen LogP contribution is 2.62.